The van der Waals surface area contributed by atoms with Gasteiger partial charge in [-0.05, 0) is 37.6 Å². The molecule has 3 heteroatoms. The van der Waals surface area contributed by atoms with E-state index in [0.717, 1.165) is 25.0 Å². The molecule has 1 aliphatic rings. The summed E-state index contributed by atoms with van der Waals surface area (Å²) in [5.74, 6) is 0. The molecule has 0 amide bonds. The molecule has 0 aromatic heterocycles. The van der Waals surface area contributed by atoms with E-state index in [9.17, 15) is 0 Å². The van der Waals surface area contributed by atoms with Crippen LogP contribution in [0.4, 0.5) is 0 Å². The van der Waals surface area contributed by atoms with Crippen molar-refractivity contribution in [1.29, 1.82) is 0 Å². The highest BCUT2D eigenvalue weighted by atomic mass is 79.9. The topological polar surface area (TPSA) is 12.5 Å². The minimum atomic E-state index is 0.439. The third-order valence-corrected chi connectivity index (χ3v) is 5.47. The molecule has 0 aliphatic carbocycles. The lowest BCUT2D eigenvalue weighted by Crippen LogP contribution is -2.41. The van der Waals surface area contributed by atoms with Crippen LogP contribution in [0.3, 0.4) is 0 Å². The van der Waals surface area contributed by atoms with Gasteiger partial charge in [0.25, 0.3) is 0 Å². The summed E-state index contributed by atoms with van der Waals surface area (Å²) < 4.78 is 5.75. The molecule has 0 saturated carbocycles. The zero-order valence-corrected chi connectivity index (χ0v) is 13.3. The van der Waals surface area contributed by atoms with Crippen LogP contribution in [0.2, 0.25) is 0 Å². The van der Waals surface area contributed by atoms with Crippen molar-refractivity contribution in [2.24, 2.45) is 5.41 Å². The average molecular weight is 306 g/mol. The molecule has 2 nitrogen and oxygen atoms in total. The van der Waals surface area contributed by atoms with Crippen molar-refractivity contribution in [3.63, 3.8) is 0 Å². The summed E-state index contributed by atoms with van der Waals surface area (Å²) in [6, 6.07) is 0. The van der Waals surface area contributed by atoms with Crippen molar-refractivity contribution < 1.29 is 4.74 Å². The molecule has 0 bridgehead atoms. The molecule has 0 N–H and O–H groups in total. The second kappa shape index (κ2) is 7.75. The molecular weight excluding hydrogens is 278 g/mol. The van der Waals surface area contributed by atoms with E-state index in [-0.39, 0.29) is 0 Å². The summed E-state index contributed by atoms with van der Waals surface area (Å²) >= 11 is 3.71. The lowest BCUT2D eigenvalue weighted by molar-refractivity contribution is 0.0580. The summed E-state index contributed by atoms with van der Waals surface area (Å²) in [4.78, 5) is 2.57. The fourth-order valence-electron chi connectivity index (χ4n) is 2.56. The molecule has 102 valence electrons. The first kappa shape index (κ1) is 15.5. The number of rotatable bonds is 8. The molecule has 1 unspecified atom stereocenters. The minimum Gasteiger partial charge on any atom is -0.377 e. The number of ether oxygens (including phenoxy) is 1. The second-order valence-corrected chi connectivity index (χ2v) is 5.86. The van der Waals surface area contributed by atoms with Crippen LogP contribution in [-0.2, 0) is 4.74 Å². The Hall–Kier alpha value is 0.400. The monoisotopic (exact) mass is 305 g/mol. The van der Waals surface area contributed by atoms with Gasteiger partial charge in [0.15, 0.2) is 0 Å². The van der Waals surface area contributed by atoms with Gasteiger partial charge in [0.1, 0.15) is 0 Å². The molecule has 1 heterocycles. The molecule has 0 spiro atoms. The van der Waals surface area contributed by atoms with E-state index < -0.39 is 0 Å². The quantitative estimate of drug-likeness (QED) is 0.634. The highest BCUT2D eigenvalue weighted by molar-refractivity contribution is 9.09. The SMILES string of the molecule is CCN(CC1CCCO1)CC(CC)(CC)CBr. The molecule has 1 saturated heterocycles. The van der Waals surface area contributed by atoms with Crippen molar-refractivity contribution in [2.45, 2.75) is 52.6 Å². The smallest absolute Gasteiger partial charge is 0.0702 e. The van der Waals surface area contributed by atoms with E-state index in [4.69, 9.17) is 4.74 Å². The predicted molar refractivity (Wildman–Crippen MR) is 77.9 cm³/mol. The Bertz CT molecular complexity index is 192. The van der Waals surface area contributed by atoms with Gasteiger partial charge in [-0.3, -0.25) is 0 Å². The van der Waals surface area contributed by atoms with Crippen LogP contribution in [0.25, 0.3) is 0 Å². The minimum absolute atomic E-state index is 0.439. The normalized spacial score (nSPS) is 21.4. The van der Waals surface area contributed by atoms with Crippen LogP contribution in [0.5, 0.6) is 0 Å². The van der Waals surface area contributed by atoms with E-state index in [1.165, 1.54) is 32.2 Å². The summed E-state index contributed by atoms with van der Waals surface area (Å²) in [5.41, 5.74) is 0.439. The van der Waals surface area contributed by atoms with Crippen LogP contribution < -0.4 is 0 Å². The summed E-state index contributed by atoms with van der Waals surface area (Å²) in [6.45, 7) is 11.3. The maximum atomic E-state index is 5.75. The van der Waals surface area contributed by atoms with Gasteiger partial charge in [0, 0.05) is 25.0 Å². The largest absolute Gasteiger partial charge is 0.377 e. The summed E-state index contributed by atoms with van der Waals surface area (Å²) in [5, 5.41) is 1.11. The van der Waals surface area contributed by atoms with Crippen molar-refractivity contribution in [1.82, 2.24) is 4.90 Å². The summed E-state index contributed by atoms with van der Waals surface area (Å²) in [6.07, 6.45) is 5.47. The number of hydrogen-bond acceptors (Lipinski definition) is 2. The maximum absolute atomic E-state index is 5.75. The Morgan fingerprint density at radius 2 is 2.00 bits per heavy atom. The van der Waals surface area contributed by atoms with E-state index in [0.29, 0.717) is 11.5 Å². The highest BCUT2D eigenvalue weighted by Crippen LogP contribution is 2.30. The highest BCUT2D eigenvalue weighted by Gasteiger charge is 2.28. The van der Waals surface area contributed by atoms with Crippen molar-refractivity contribution in [2.75, 3.05) is 31.6 Å². The molecule has 0 radical (unpaired) electrons. The van der Waals surface area contributed by atoms with Gasteiger partial charge in [0.05, 0.1) is 6.10 Å². The Labute approximate surface area is 115 Å². The van der Waals surface area contributed by atoms with Crippen LogP contribution in [0.1, 0.15) is 46.5 Å². The molecule has 17 heavy (non-hydrogen) atoms. The standard InChI is InChI=1S/C14H28BrNO/c1-4-14(5-2,11-15)12-16(6-3)10-13-8-7-9-17-13/h13H,4-12H2,1-3H3. The van der Waals surface area contributed by atoms with Crippen molar-refractivity contribution >= 4 is 15.9 Å². The first-order valence-corrected chi connectivity index (χ1v) is 8.21. The van der Waals surface area contributed by atoms with Crippen LogP contribution in [0.15, 0.2) is 0 Å². The third kappa shape index (κ3) is 4.53. The Morgan fingerprint density at radius 3 is 2.41 bits per heavy atom. The van der Waals surface area contributed by atoms with Crippen LogP contribution in [0, 0.1) is 5.41 Å². The predicted octanol–water partition coefficient (Wildman–Crippen LogP) is 3.69. The number of hydrogen-bond donors (Lipinski definition) is 0. The maximum Gasteiger partial charge on any atom is 0.0702 e. The zero-order chi connectivity index (χ0) is 12.7. The van der Waals surface area contributed by atoms with Gasteiger partial charge in [-0.15, -0.1) is 0 Å². The first-order valence-electron chi connectivity index (χ1n) is 7.09. The van der Waals surface area contributed by atoms with Gasteiger partial charge in [0.2, 0.25) is 0 Å². The fourth-order valence-corrected chi connectivity index (χ4v) is 3.53. The Morgan fingerprint density at radius 1 is 1.29 bits per heavy atom. The second-order valence-electron chi connectivity index (χ2n) is 5.30. The molecule has 0 aromatic rings. The fraction of sp³-hybridized carbons (Fsp3) is 1.00. The summed E-state index contributed by atoms with van der Waals surface area (Å²) in [7, 11) is 0. The van der Waals surface area contributed by atoms with Gasteiger partial charge >= 0.3 is 0 Å². The first-order chi connectivity index (χ1) is 8.19. The number of halogens is 1. The van der Waals surface area contributed by atoms with E-state index in [1.807, 2.05) is 0 Å². The lowest BCUT2D eigenvalue weighted by Gasteiger charge is -2.36. The van der Waals surface area contributed by atoms with E-state index in [2.05, 4.69) is 41.6 Å². The number of alkyl halides is 1. The number of likely N-dealkylation sites (N-methyl/N-ethyl adjacent to an activating group) is 1. The van der Waals surface area contributed by atoms with Gasteiger partial charge in [-0.2, -0.15) is 0 Å². The Balaban J connectivity index is 2.48. The van der Waals surface area contributed by atoms with Gasteiger partial charge in [-0.25, -0.2) is 0 Å². The van der Waals surface area contributed by atoms with E-state index >= 15 is 0 Å². The van der Waals surface area contributed by atoms with Gasteiger partial charge < -0.3 is 9.64 Å². The van der Waals surface area contributed by atoms with Crippen LogP contribution in [-0.4, -0.2) is 42.6 Å². The van der Waals surface area contributed by atoms with E-state index in [1.54, 1.807) is 0 Å². The van der Waals surface area contributed by atoms with Crippen LogP contribution >= 0.6 is 15.9 Å². The van der Waals surface area contributed by atoms with Crippen molar-refractivity contribution in [3.8, 4) is 0 Å². The molecular formula is C14H28BrNO. The Kier molecular flexibility index (Phi) is 7.05. The molecule has 1 aliphatic heterocycles. The molecule has 1 fully saturated rings. The molecule has 1 atom stereocenters. The average Bonchev–Trinajstić information content (AvgIpc) is 2.87. The number of nitrogens with zero attached hydrogens (tertiary/aromatic N) is 1. The lowest BCUT2D eigenvalue weighted by atomic mass is 9.84. The van der Waals surface area contributed by atoms with Crippen molar-refractivity contribution in [3.05, 3.63) is 0 Å². The molecule has 0 aromatic carbocycles. The third-order valence-electron chi connectivity index (χ3n) is 4.28. The molecule has 1 rings (SSSR count). The zero-order valence-electron chi connectivity index (χ0n) is 11.7. The van der Waals surface area contributed by atoms with Gasteiger partial charge in [-0.1, -0.05) is 36.7 Å².